The summed E-state index contributed by atoms with van der Waals surface area (Å²) >= 11 is 0. The smallest absolute Gasteiger partial charge is 0.347 e. The molecule has 0 amide bonds. The molecule has 0 unspecified atom stereocenters. The Hall–Kier alpha value is -2.58. The summed E-state index contributed by atoms with van der Waals surface area (Å²) in [6, 6.07) is 22.6. The molecule has 6 heteroatoms. The Morgan fingerprint density at radius 1 is 0.605 bits per heavy atom. The first-order valence-electron chi connectivity index (χ1n) is 16.9. The maximum absolute atomic E-state index is 14.2. The van der Waals surface area contributed by atoms with Crippen molar-refractivity contribution in [3.05, 3.63) is 65.2 Å². The summed E-state index contributed by atoms with van der Waals surface area (Å²) in [6.07, 6.45) is 6.54. The summed E-state index contributed by atoms with van der Waals surface area (Å²) in [6.45, 7) is 17.7. The van der Waals surface area contributed by atoms with Gasteiger partial charge in [0.1, 0.15) is 22.8 Å². The summed E-state index contributed by atoms with van der Waals surface area (Å²) in [5.74, 6) is 1.73. The van der Waals surface area contributed by atoms with Gasteiger partial charge in [0, 0.05) is 10.8 Å². The van der Waals surface area contributed by atoms with Gasteiger partial charge in [0.05, 0.1) is 0 Å². The van der Waals surface area contributed by atoms with E-state index in [0.717, 1.165) is 102 Å². The molecule has 43 heavy (non-hydrogen) atoms. The van der Waals surface area contributed by atoms with Gasteiger partial charge in [-0.1, -0.05) is 116 Å². The fourth-order valence-corrected chi connectivity index (χ4v) is 15.9. The molecule has 0 radical (unpaired) electrons. The molecule has 0 aliphatic rings. The molecule has 0 aliphatic carbocycles. The zero-order valence-corrected chi connectivity index (χ0v) is 30.2. The van der Waals surface area contributed by atoms with E-state index in [1.54, 1.807) is 0 Å². The van der Waals surface area contributed by atoms with Gasteiger partial charge in [-0.05, 0) is 73.4 Å². The molecule has 0 N–H and O–H groups in total. The van der Waals surface area contributed by atoms with Crippen LogP contribution in [0.25, 0.3) is 10.8 Å². The number of esters is 1. The van der Waals surface area contributed by atoms with Crippen LogP contribution in [0.1, 0.15) is 102 Å². The molecule has 0 heterocycles. The van der Waals surface area contributed by atoms with Gasteiger partial charge in [-0.2, -0.15) is 0 Å². The fourth-order valence-electron chi connectivity index (χ4n) is 7.01. The topological polar surface area (TPSA) is 44.8 Å². The number of ether oxygens (including phenoxy) is 1. The van der Waals surface area contributed by atoms with Crippen molar-refractivity contribution in [2.24, 2.45) is 0 Å². The second-order valence-corrected chi connectivity index (χ2v) is 20.6. The Labute approximate surface area is 263 Å². The number of benzene rings is 3. The number of fused-ring (bicyclic) bond motifs is 1. The molecule has 3 aromatic rings. The highest BCUT2D eigenvalue weighted by Gasteiger charge is 2.38. The van der Waals surface area contributed by atoms with Gasteiger partial charge in [0.25, 0.3) is 16.6 Å². The Balaban J connectivity index is 2.34. The van der Waals surface area contributed by atoms with E-state index >= 15 is 0 Å². The monoisotopic (exact) mass is 620 g/mol. The number of carbonyl (C=O) groups excluding carboxylic acids is 1. The van der Waals surface area contributed by atoms with Crippen molar-refractivity contribution >= 4 is 33.4 Å². The van der Waals surface area contributed by atoms with E-state index in [9.17, 15) is 4.79 Å². The largest absolute Gasteiger partial charge is 0.543 e. The Kier molecular flexibility index (Phi) is 13.4. The van der Waals surface area contributed by atoms with Crippen LogP contribution in [-0.4, -0.2) is 22.6 Å². The van der Waals surface area contributed by atoms with Crippen molar-refractivity contribution in [1.29, 1.82) is 0 Å². The van der Waals surface area contributed by atoms with E-state index in [1.165, 1.54) is 0 Å². The first kappa shape index (κ1) is 34.9. The van der Waals surface area contributed by atoms with E-state index in [0.29, 0.717) is 17.1 Å². The van der Waals surface area contributed by atoms with E-state index in [2.05, 4.69) is 66.7 Å². The maximum atomic E-state index is 14.2. The molecule has 0 saturated carbocycles. The summed E-state index contributed by atoms with van der Waals surface area (Å²) in [5.41, 5.74) is 2.57. The van der Waals surface area contributed by atoms with Crippen LogP contribution in [0.2, 0.25) is 36.3 Å². The average Bonchev–Trinajstić information content (AvgIpc) is 2.96. The lowest BCUT2D eigenvalue weighted by atomic mass is 10.0. The van der Waals surface area contributed by atoms with Gasteiger partial charge in [0.2, 0.25) is 0 Å². The van der Waals surface area contributed by atoms with Gasteiger partial charge >= 0.3 is 5.97 Å². The van der Waals surface area contributed by atoms with Crippen LogP contribution in [0.4, 0.5) is 0 Å². The summed E-state index contributed by atoms with van der Waals surface area (Å²) in [5, 5.41) is 2.05. The third kappa shape index (κ3) is 8.54. The molecule has 4 nitrogen and oxygen atoms in total. The first-order valence-corrected chi connectivity index (χ1v) is 22.0. The van der Waals surface area contributed by atoms with Gasteiger partial charge in [-0.15, -0.1) is 0 Å². The standard InChI is InChI=1S/C37H56O4Si2/c1-9-22-42(23-10-2,24-11-3)40-34-28-32(37(38)39-33-21-16-15-18-29(33)7)36(31-20-17-19-30(8)35(31)34)41-43(25-12-4,26-13-5)27-14-6/h15-21,28H,9-14,22-27H2,1-8H3. The molecule has 0 bridgehead atoms. The maximum Gasteiger partial charge on any atom is 0.347 e. The van der Waals surface area contributed by atoms with Gasteiger partial charge in [0.15, 0.2) is 0 Å². The zero-order valence-electron chi connectivity index (χ0n) is 28.2. The average molecular weight is 621 g/mol. The minimum absolute atomic E-state index is 0.376. The van der Waals surface area contributed by atoms with E-state index in [4.69, 9.17) is 13.6 Å². The highest BCUT2D eigenvalue weighted by molar-refractivity contribution is 6.75. The highest BCUT2D eigenvalue weighted by atomic mass is 28.4. The number of aryl methyl sites for hydroxylation is 2. The molecular formula is C37H56O4Si2. The number of hydrogen-bond acceptors (Lipinski definition) is 4. The van der Waals surface area contributed by atoms with Crippen molar-refractivity contribution in [2.45, 2.75) is 130 Å². The van der Waals surface area contributed by atoms with Crippen molar-refractivity contribution in [2.75, 3.05) is 0 Å². The molecule has 3 aromatic carbocycles. The number of para-hydroxylation sites is 1. The Bertz CT molecular complexity index is 1300. The van der Waals surface area contributed by atoms with Crippen molar-refractivity contribution in [1.82, 2.24) is 0 Å². The van der Waals surface area contributed by atoms with Crippen LogP contribution in [0.5, 0.6) is 17.2 Å². The third-order valence-electron chi connectivity index (χ3n) is 8.68. The third-order valence-corrected chi connectivity index (χ3v) is 18.4. The van der Waals surface area contributed by atoms with E-state index in [1.807, 2.05) is 37.3 Å². The molecular weight excluding hydrogens is 565 g/mol. The molecule has 0 aromatic heterocycles. The second-order valence-electron chi connectivity index (χ2n) is 12.5. The molecule has 3 rings (SSSR count). The van der Waals surface area contributed by atoms with Gasteiger partial charge < -0.3 is 13.6 Å². The summed E-state index contributed by atoms with van der Waals surface area (Å²) in [4.78, 5) is 14.2. The number of hydrogen-bond donors (Lipinski definition) is 0. The SMILES string of the molecule is CCC[Si](CCC)(CCC)Oc1c(C(=O)Oc2ccccc2C)cc(O[Si](CCC)(CCC)CCC)c2c(C)cccc12. The molecule has 0 spiro atoms. The van der Waals surface area contributed by atoms with Crippen LogP contribution >= 0.6 is 0 Å². The van der Waals surface area contributed by atoms with E-state index in [-0.39, 0.29) is 5.97 Å². The van der Waals surface area contributed by atoms with Crippen LogP contribution in [0.15, 0.2) is 48.5 Å². The zero-order chi connectivity index (χ0) is 31.5. The van der Waals surface area contributed by atoms with Crippen molar-refractivity contribution in [3.8, 4) is 17.2 Å². The van der Waals surface area contributed by atoms with Crippen molar-refractivity contribution in [3.63, 3.8) is 0 Å². The van der Waals surface area contributed by atoms with Crippen molar-refractivity contribution < 1.29 is 18.4 Å². The van der Waals surface area contributed by atoms with Gasteiger partial charge in [-0.25, -0.2) is 4.79 Å². The number of carbonyl (C=O) groups is 1. The summed E-state index contributed by atoms with van der Waals surface area (Å²) < 4.78 is 20.8. The minimum atomic E-state index is -2.19. The molecule has 0 aliphatic heterocycles. The fraction of sp³-hybridized carbons (Fsp3) is 0.541. The second kappa shape index (κ2) is 16.5. The highest BCUT2D eigenvalue weighted by Crippen LogP contribution is 2.44. The first-order chi connectivity index (χ1) is 20.7. The summed E-state index contributed by atoms with van der Waals surface area (Å²) in [7, 11) is -4.30. The lowest BCUT2D eigenvalue weighted by Gasteiger charge is -2.35. The quantitative estimate of drug-likeness (QED) is 0.0806. The molecule has 0 saturated heterocycles. The predicted octanol–water partition coefficient (Wildman–Crippen LogP) is 11.8. The van der Waals surface area contributed by atoms with Gasteiger partial charge in [-0.3, -0.25) is 0 Å². The molecule has 0 atom stereocenters. The Morgan fingerprint density at radius 3 is 1.60 bits per heavy atom. The van der Waals surface area contributed by atoms with Crippen LogP contribution < -0.4 is 13.6 Å². The van der Waals surface area contributed by atoms with Crippen LogP contribution in [0, 0.1) is 13.8 Å². The lowest BCUT2D eigenvalue weighted by molar-refractivity contribution is 0.0731. The normalized spacial score (nSPS) is 12.0. The van der Waals surface area contributed by atoms with E-state index < -0.39 is 16.6 Å². The molecule has 236 valence electrons. The van der Waals surface area contributed by atoms with Crippen LogP contribution in [0.3, 0.4) is 0 Å². The molecule has 0 fully saturated rings. The number of rotatable bonds is 18. The lowest BCUT2D eigenvalue weighted by Crippen LogP contribution is -2.42. The Morgan fingerprint density at radius 2 is 1.09 bits per heavy atom. The van der Waals surface area contributed by atoms with Crippen LogP contribution in [-0.2, 0) is 0 Å². The minimum Gasteiger partial charge on any atom is -0.543 e. The predicted molar refractivity (Wildman–Crippen MR) is 188 cm³/mol.